The maximum atomic E-state index is 13.4. The third-order valence-electron chi connectivity index (χ3n) is 5.94. The van der Waals surface area contributed by atoms with Gasteiger partial charge in [0.25, 0.3) is 12.3 Å². The molecule has 12 heteroatoms. The SMILES string of the molecule is CO[C@H](Nc1cc2c(c3c1CC3)-c1nc(N3C(=O)OC[C@H]3C(F)F)cn1CCO2)C(N)=O. The Labute approximate surface area is 181 Å². The minimum atomic E-state index is -2.76. The second kappa shape index (κ2) is 7.62. The predicted octanol–water partition coefficient (Wildman–Crippen LogP) is 1.50. The largest absolute Gasteiger partial charge is 0.491 e. The Bertz CT molecular complexity index is 1100. The normalized spacial score (nSPS) is 19.8. The molecule has 170 valence electrons. The van der Waals surface area contributed by atoms with E-state index in [0.717, 1.165) is 34.4 Å². The van der Waals surface area contributed by atoms with Crippen molar-refractivity contribution >= 4 is 23.5 Å². The molecule has 3 N–H and O–H groups in total. The van der Waals surface area contributed by atoms with E-state index in [4.69, 9.17) is 19.9 Å². The number of nitrogens with zero attached hydrogens (tertiary/aromatic N) is 3. The summed E-state index contributed by atoms with van der Waals surface area (Å²) in [7, 11) is 1.38. The first kappa shape index (κ1) is 20.5. The number of carbonyl (C=O) groups excluding carboxylic acids is 2. The van der Waals surface area contributed by atoms with Crippen LogP contribution in [0.3, 0.4) is 0 Å². The highest BCUT2D eigenvalue weighted by Gasteiger charge is 2.42. The van der Waals surface area contributed by atoms with Crippen LogP contribution in [0, 0.1) is 0 Å². The molecule has 1 fully saturated rings. The molecule has 0 radical (unpaired) electrons. The summed E-state index contributed by atoms with van der Waals surface area (Å²) in [6.45, 7) is 0.336. The van der Waals surface area contributed by atoms with Crippen molar-refractivity contribution in [3.63, 3.8) is 0 Å². The number of imidazole rings is 1. The standard InChI is InChI=1S/C20H21F2N5O5/c1-30-19(17(23)28)24-11-6-13-15(10-3-2-9(10)11)18-25-14(7-26(18)4-5-31-13)27-12(16(21)22)8-32-20(27)29/h6-7,12,16,19,24H,2-5,8H2,1H3,(H2,23,28)/t12-,19-/m0/s1. The zero-order valence-corrected chi connectivity index (χ0v) is 17.1. The molecule has 3 heterocycles. The van der Waals surface area contributed by atoms with Gasteiger partial charge in [-0.3, -0.25) is 4.79 Å². The van der Waals surface area contributed by atoms with Gasteiger partial charge in [0.15, 0.2) is 5.82 Å². The minimum Gasteiger partial charge on any atom is -0.491 e. The average Bonchev–Trinajstić information content (AvgIpc) is 3.26. The smallest absolute Gasteiger partial charge is 0.416 e. The van der Waals surface area contributed by atoms with Gasteiger partial charge in [-0.15, -0.1) is 0 Å². The summed E-state index contributed by atoms with van der Waals surface area (Å²) in [6, 6.07) is 0.380. The third kappa shape index (κ3) is 3.13. The number of hydrogen-bond donors (Lipinski definition) is 2. The number of benzene rings is 1. The molecule has 0 spiro atoms. The van der Waals surface area contributed by atoms with Gasteiger partial charge in [-0.2, -0.15) is 0 Å². The van der Waals surface area contributed by atoms with Crippen LogP contribution in [0.5, 0.6) is 5.75 Å². The van der Waals surface area contributed by atoms with Crippen LogP contribution in [-0.2, 0) is 33.7 Å². The predicted molar refractivity (Wildman–Crippen MR) is 108 cm³/mol. The summed E-state index contributed by atoms with van der Waals surface area (Å²) in [5.74, 6) is 0.531. The second-order valence-corrected chi connectivity index (χ2v) is 7.73. The zero-order valence-electron chi connectivity index (χ0n) is 17.1. The van der Waals surface area contributed by atoms with E-state index in [9.17, 15) is 18.4 Å². The summed E-state index contributed by atoms with van der Waals surface area (Å²) in [4.78, 5) is 29.1. The van der Waals surface area contributed by atoms with Crippen LogP contribution >= 0.6 is 0 Å². The number of methoxy groups -OCH3 is 1. The molecule has 2 aliphatic heterocycles. The Morgan fingerprint density at radius 1 is 1.34 bits per heavy atom. The van der Waals surface area contributed by atoms with E-state index < -0.39 is 30.7 Å². The summed E-state index contributed by atoms with van der Waals surface area (Å²) < 4.78 is 44.5. The molecule has 10 nitrogen and oxygen atoms in total. The molecule has 2 amide bonds. The van der Waals surface area contributed by atoms with E-state index in [-0.39, 0.29) is 12.4 Å². The molecule has 1 aromatic carbocycles. The van der Waals surface area contributed by atoms with Gasteiger partial charge in [0, 0.05) is 25.1 Å². The Morgan fingerprint density at radius 2 is 2.12 bits per heavy atom. The molecule has 0 saturated carbocycles. The van der Waals surface area contributed by atoms with Gasteiger partial charge in [-0.25, -0.2) is 23.5 Å². The fourth-order valence-corrected chi connectivity index (χ4v) is 4.29. The number of aromatic nitrogens is 2. The number of alkyl halides is 2. The van der Waals surface area contributed by atoms with Crippen molar-refractivity contribution in [1.29, 1.82) is 0 Å². The highest BCUT2D eigenvalue weighted by molar-refractivity contribution is 5.90. The summed E-state index contributed by atoms with van der Waals surface area (Å²) in [5.41, 5.74) is 8.73. The van der Waals surface area contributed by atoms with E-state index >= 15 is 0 Å². The fourth-order valence-electron chi connectivity index (χ4n) is 4.29. The molecule has 32 heavy (non-hydrogen) atoms. The van der Waals surface area contributed by atoms with Crippen LogP contribution in [-0.4, -0.2) is 60.6 Å². The molecule has 1 saturated heterocycles. The quantitative estimate of drug-likeness (QED) is 0.641. The van der Waals surface area contributed by atoms with Gasteiger partial charge in [-0.05, 0) is 24.0 Å². The number of nitrogens with two attached hydrogens (primary N) is 1. The molecule has 2 aromatic rings. The van der Waals surface area contributed by atoms with E-state index in [1.165, 1.54) is 7.11 Å². The molecule has 1 aromatic heterocycles. The lowest BCUT2D eigenvalue weighted by atomic mass is 9.82. The highest BCUT2D eigenvalue weighted by atomic mass is 19.3. The zero-order chi connectivity index (χ0) is 22.6. The first-order valence-corrected chi connectivity index (χ1v) is 10.1. The Morgan fingerprint density at radius 3 is 2.78 bits per heavy atom. The summed E-state index contributed by atoms with van der Waals surface area (Å²) >= 11 is 0. The maximum Gasteiger partial charge on any atom is 0.416 e. The van der Waals surface area contributed by atoms with E-state index in [1.807, 2.05) is 0 Å². The number of primary amides is 1. The minimum absolute atomic E-state index is 0.115. The van der Waals surface area contributed by atoms with Crippen LogP contribution in [0.4, 0.5) is 25.1 Å². The number of fused-ring (bicyclic) bond motifs is 5. The number of amides is 2. The van der Waals surface area contributed by atoms with Crippen molar-refractivity contribution in [2.45, 2.75) is 38.1 Å². The maximum absolute atomic E-state index is 13.4. The lowest BCUT2D eigenvalue weighted by Crippen LogP contribution is -2.38. The van der Waals surface area contributed by atoms with Gasteiger partial charge < -0.3 is 29.8 Å². The molecule has 1 aliphatic carbocycles. The summed E-state index contributed by atoms with van der Waals surface area (Å²) in [6.07, 6.45) is -1.51. The molecule has 0 bridgehead atoms. The molecule has 2 atom stereocenters. The Hall–Kier alpha value is -3.41. The number of rotatable bonds is 6. The van der Waals surface area contributed by atoms with E-state index in [2.05, 4.69) is 10.3 Å². The molecular formula is C20H21F2N5O5. The number of hydrogen-bond acceptors (Lipinski definition) is 7. The first-order chi connectivity index (χ1) is 15.4. The highest BCUT2D eigenvalue weighted by Crippen LogP contribution is 2.46. The van der Waals surface area contributed by atoms with Crippen molar-refractivity contribution in [3.8, 4) is 17.1 Å². The van der Waals surface area contributed by atoms with Gasteiger partial charge >= 0.3 is 6.09 Å². The van der Waals surface area contributed by atoms with E-state index in [1.54, 1.807) is 16.8 Å². The molecular weight excluding hydrogens is 428 g/mol. The molecule has 5 rings (SSSR count). The van der Waals surface area contributed by atoms with Gasteiger partial charge in [0.2, 0.25) is 6.23 Å². The van der Waals surface area contributed by atoms with Crippen molar-refractivity contribution < 1.29 is 32.6 Å². The Balaban J connectivity index is 1.57. The van der Waals surface area contributed by atoms with Gasteiger partial charge in [0.05, 0.1) is 12.1 Å². The van der Waals surface area contributed by atoms with Crippen LogP contribution in [0.2, 0.25) is 0 Å². The summed E-state index contributed by atoms with van der Waals surface area (Å²) in [5, 5.41) is 3.00. The molecule has 3 aliphatic rings. The average molecular weight is 449 g/mol. The van der Waals surface area contributed by atoms with E-state index in [0.29, 0.717) is 30.4 Å². The van der Waals surface area contributed by atoms with Crippen LogP contribution in [0.1, 0.15) is 11.1 Å². The Kier molecular flexibility index (Phi) is 4.88. The monoisotopic (exact) mass is 449 g/mol. The van der Waals surface area contributed by atoms with Crippen molar-refractivity contribution in [2.24, 2.45) is 5.73 Å². The van der Waals surface area contributed by atoms with Crippen molar-refractivity contribution in [2.75, 3.05) is 30.5 Å². The third-order valence-corrected chi connectivity index (χ3v) is 5.94. The van der Waals surface area contributed by atoms with Crippen molar-refractivity contribution in [3.05, 3.63) is 23.4 Å². The fraction of sp³-hybridized carbons (Fsp3) is 0.450. The lowest BCUT2D eigenvalue weighted by Gasteiger charge is -2.29. The van der Waals surface area contributed by atoms with Gasteiger partial charge in [-0.1, -0.05) is 0 Å². The van der Waals surface area contributed by atoms with Crippen LogP contribution in [0.25, 0.3) is 11.4 Å². The first-order valence-electron chi connectivity index (χ1n) is 10.1. The number of nitrogens with one attached hydrogen (secondary N) is 1. The number of carbonyl (C=O) groups is 2. The van der Waals surface area contributed by atoms with Crippen LogP contribution < -0.4 is 20.7 Å². The van der Waals surface area contributed by atoms with Crippen LogP contribution in [0.15, 0.2) is 12.3 Å². The second-order valence-electron chi connectivity index (χ2n) is 7.73. The number of ether oxygens (including phenoxy) is 3. The number of cyclic esters (lactones) is 1. The van der Waals surface area contributed by atoms with Gasteiger partial charge in [0.1, 0.15) is 30.8 Å². The molecule has 0 unspecified atom stereocenters. The topological polar surface area (TPSA) is 121 Å². The van der Waals surface area contributed by atoms with Crippen molar-refractivity contribution in [1.82, 2.24) is 9.55 Å². The number of halogens is 2. The lowest BCUT2D eigenvalue weighted by molar-refractivity contribution is -0.126. The number of anilines is 2.